The maximum absolute atomic E-state index is 13.4. The molecule has 0 aromatic heterocycles. The highest BCUT2D eigenvalue weighted by Crippen LogP contribution is 2.56. The molecule has 174 valence electrons. The van der Waals surface area contributed by atoms with Gasteiger partial charge in [0, 0.05) is 5.57 Å². The van der Waals surface area contributed by atoms with E-state index in [0.717, 1.165) is 17.6 Å². The van der Waals surface area contributed by atoms with Gasteiger partial charge < -0.3 is 9.47 Å². The Morgan fingerprint density at radius 2 is 1.48 bits per heavy atom. The van der Waals surface area contributed by atoms with Crippen LogP contribution in [-0.2, 0) is 19.1 Å². The van der Waals surface area contributed by atoms with Crippen molar-refractivity contribution in [1.29, 1.82) is 0 Å². The fourth-order valence-corrected chi connectivity index (χ4v) is 4.39. The molecule has 1 rings (SSSR count). The SMILES string of the molecule is COC(=O)[C@@]1(CC=C(C)C)C[C@@H](CC=C(C)C)C(C)(C)C(C(C)=O)=C1OCC=C(C)C. The highest BCUT2D eigenvalue weighted by molar-refractivity contribution is 5.97. The summed E-state index contributed by atoms with van der Waals surface area (Å²) in [6.07, 6.45) is 8.03. The average Bonchev–Trinajstić information content (AvgIpc) is 2.64. The first kappa shape index (κ1) is 26.9. The Morgan fingerprint density at radius 1 is 0.935 bits per heavy atom. The Balaban J connectivity index is 3.86. The summed E-state index contributed by atoms with van der Waals surface area (Å²) >= 11 is 0. The van der Waals surface area contributed by atoms with Gasteiger partial charge in [-0.2, -0.15) is 0 Å². The number of Topliss-reactive ketones (excluding diaryl/α,β-unsaturated/α-hetero) is 1. The topological polar surface area (TPSA) is 52.6 Å². The summed E-state index contributed by atoms with van der Waals surface area (Å²) in [6, 6.07) is 0. The van der Waals surface area contributed by atoms with Gasteiger partial charge in [0.05, 0.1) is 7.11 Å². The molecule has 0 aromatic carbocycles. The van der Waals surface area contributed by atoms with Gasteiger partial charge in [0.15, 0.2) is 5.78 Å². The number of carbonyl (C=O) groups is 2. The van der Waals surface area contributed by atoms with Crippen LogP contribution in [0.1, 0.15) is 81.6 Å². The molecule has 1 aliphatic rings. The van der Waals surface area contributed by atoms with Crippen molar-refractivity contribution in [1.82, 2.24) is 0 Å². The van der Waals surface area contributed by atoms with E-state index in [2.05, 4.69) is 39.8 Å². The van der Waals surface area contributed by atoms with Crippen LogP contribution in [-0.4, -0.2) is 25.5 Å². The van der Waals surface area contributed by atoms with Crippen molar-refractivity contribution < 1.29 is 19.1 Å². The number of carbonyl (C=O) groups excluding carboxylic acids is 2. The molecule has 0 saturated heterocycles. The van der Waals surface area contributed by atoms with Crippen molar-refractivity contribution in [3.05, 3.63) is 46.3 Å². The van der Waals surface area contributed by atoms with E-state index in [-0.39, 0.29) is 17.7 Å². The first-order valence-corrected chi connectivity index (χ1v) is 11.2. The van der Waals surface area contributed by atoms with Gasteiger partial charge in [-0.3, -0.25) is 9.59 Å². The van der Waals surface area contributed by atoms with Crippen LogP contribution in [0, 0.1) is 16.7 Å². The van der Waals surface area contributed by atoms with E-state index in [4.69, 9.17) is 9.47 Å². The molecule has 0 heterocycles. The van der Waals surface area contributed by atoms with Crippen molar-refractivity contribution in [2.75, 3.05) is 13.7 Å². The van der Waals surface area contributed by atoms with Crippen molar-refractivity contribution >= 4 is 11.8 Å². The van der Waals surface area contributed by atoms with Gasteiger partial charge in [-0.05, 0) is 85.1 Å². The molecule has 0 fully saturated rings. The van der Waals surface area contributed by atoms with Gasteiger partial charge in [0.2, 0.25) is 0 Å². The number of allylic oxidation sites excluding steroid dienone is 6. The molecule has 4 nitrogen and oxygen atoms in total. The molecule has 4 heteroatoms. The fourth-order valence-electron chi connectivity index (χ4n) is 4.39. The van der Waals surface area contributed by atoms with Crippen LogP contribution in [0.4, 0.5) is 0 Å². The van der Waals surface area contributed by atoms with E-state index in [1.54, 1.807) is 6.92 Å². The van der Waals surface area contributed by atoms with Crippen LogP contribution in [0.3, 0.4) is 0 Å². The smallest absolute Gasteiger partial charge is 0.319 e. The van der Waals surface area contributed by atoms with Gasteiger partial charge in [-0.15, -0.1) is 0 Å². The number of esters is 1. The molecular weight excluding hydrogens is 388 g/mol. The summed E-state index contributed by atoms with van der Waals surface area (Å²) in [4.78, 5) is 26.4. The number of ether oxygens (including phenoxy) is 2. The second kappa shape index (κ2) is 11.0. The zero-order valence-electron chi connectivity index (χ0n) is 21.3. The molecule has 0 spiro atoms. The van der Waals surface area contributed by atoms with Gasteiger partial charge in [0.25, 0.3) is 0 Å². The maximum atomic E-state index is 13.4. The third kappa shape index (κ3) is 6.44. The summed E-state index contributed by atoms with van der Waals surface area (Å²) in [6.45, 7) is 18.3. The predicted molar refractivity (Wildman–Crippen MR) is 128 cm³/mol. The van der Waals surface area contributed by atoms with E-state index in [9.17, 15) is 9.59 Å². The highest BCUT2D eigenvalue weighted by atomic mass is 16.5. The first-order valence-electron chi connectivity index (χ1n) is 11.2. The third-order valence-electron chi connectivity index (χ3n) is 6.24. The van der Waals surface area contributed by atoms with E-state index >= 15 is 0 Å². The summed E-state index contributed by atoms with van der Waals surface area (Å²) in [5.41, 5.74) is 2.62. The normalized spacial score (nSPS) is 22.3. The minimum absolute atomic E-state index is 0.0513. The quantitative estimate of drug-likeness (QED) is 0.300. The zero-order chi connectivity index (χ0) is 24.0. The molecule has 0 amide bonds. The molecule has 0 aliphatic heterocycles. The van der Waals surface area contributed by atoms with Gasteiger partial charge in [-0.25, -0.2) is 0 Å². The first-order chi connectivity index (χ1) is 14.3. The molecular formula is C27H42O4. The van der Waals surface area contributed by atoms with Gasteiger partial charge in [-0.1, -0.05) is 42.7 Å². The van der Waals surface area contributed by atoms with Crippen LogP contribution in [0.25, 0.3) is 0 Å². The van der Waals surface area contributed by atoms with Crippen LogP contribution >= 0.6 is 0 Å². The van der Waals surface area contributed by atoms with Gasteiger partial charge in [0.1, 0.15) is 17.8 Å². The average molecular weight is 431 g/mol. The molecule has 31 heavy (non-hydrogen) atoms. The van der Waals surface area contributed by atoms with Gasteiger partial charge >= 0.3 is 5.97 Å². The molecule has 0 aromatic rings. The highest BCUT2D eigenvalue weighted by Gasteiger charge is 2.56. The lowest BCUT2D eigenvalue weighted by molar-refractivity contribution is -0.155. The van der Waals surface area contributed by atoms with E-state index in [1.165, 1.54) is 12.7 Å². The van der Waals surface area contributed by atoms with E-state index in [0.29, 0.717) is 30.8 Å². The Labute approximate surface area is 189 Å². The Bertz CT molecular complexity index is 795. The minimum Gasteiger partial charge on any atom is -0.492 e. The molecule has 2 atom stereocenters. The molecule has 0 radical (unpaired) electrons. The lowest BCUT2D eigenvalue weighted by Crippen LogP contribution is -2.48. The number of hydrogen-bond donors (Lipinski definition) is 0. The summed E-state index contributed by atoms with van der Waals surface area (Å²) in [7, 11) is 1.42. The predicted octanol–water partition coefficient (Wildman–Crippen LogP) is 6.73. The number of hydrogen-bond acceptors (Lipinski definition) is 4. The zero-order valence-corrected chi connectivity index (χ0v) is 21.3. The second-order valence-corrected chi connectivity index (χ2v) is 10.1. The minimum atomic E-state index is -1.02. The lowest BCUT2D eigenvalue weighted by Gasteiger charge is -2.48. The molecule has 1 aliphatic carbocycles. The number of methoxy groups -OCH3 is 1. The van der Waals surface area contributed by atoms with Crippen molar-refractivity contribution in [2.45, 2.75) is 81.6 Å². The van der Waals surface area contributed by atoms with Crippen molar-refractivity contribution in [2.24, 2.45) is 16.7 Å². The van der Waals surface area contributed by atoms with Crippen molar-refractivity contribution in [3.63, 3.8) is 0 Å². The van der Waals surface area contributed by atoms with Crippen LogP contribution in [0.5, 0.6) is 0 Å². The Kier molecular flexibility index (Phi) is 9.53. The van der Waals surface area contributed by atoms with Crippen LogP contribution < -0.4 is 0 Å². The lowest BCUT2D eigenvalue weighted by atomic mass is 9.56. The van der Waals surface area contributed by atoms with E-state index < -0.39 is 10.8 Å². The standard InChI is InChI=1S/C27H42O4/c1-18(2)11-12-22-17-27(25(29)30-10,15-13-19(3)4)24(31-16-14-20(5)6)23(21(7)28)26(22,8)9/h11,13-14,22H,12,15-17H2,1-10H3/t22-,27+/m1/s1. The fraction of sp³-hybridized carbons (Fsp3) is 0.630. The van der Waals surface area contributed by atoms with Crippen LogP contribution in [0.15, 0.2) is 46.3 Å². The Hall–Kier alpha value is -2.10. The number of rotatable bonds is 9. The van der Waals surface area contributed by atoms with Crippen molar-refractivity contribution in [3.8, 4) is 0 Å². The number of ketones is 1. The monoisotopic (exact) mass is 430 g/mol. The second-order valence-electron chi connectivity index (χ2n) is 10.1. The largest absolute Gasteiger partial charge is 0.492 e. The maximum Gasteiger partial charge on any atom is 0.319 e. The molecule has 0 bridgehead atoms. The summed E-state index contributed by atoms with van der Waals surface area (Å²) < 4.78 is 11.6. The summed E-state index contributed by atoms with van der Waals surface area (Å²) in [5, 5.41) is 0. The Morgan fingerprint density at radius 3 is 1.94 bits per heavy atom. The summed E-state index contributed by atoms with van der Waals surface area (Å²) in [5.74, 6) is 0.195. The molecule has 0 N–H and O–H groups in total. The molecule has 0 saturated carbocycles. The third-order valence-corrected chi connectivity index (χ3v) is 6.24. The molecule has 0 unspecified atom stereocenters. The van der Waals surface area contributed by atoms with Crippen LogP contribution in [0.2, 0.25) is 0 Å². The van der Waals surface area contributed by atoms with E-state index in [1.807, 2.05) is 33.8 Å².